The number of aliphatic hydroxyl groups excluding tert-OH is 1. The molecule has 1 unspecified atom stereocenters. The summed E-state index contributed by atoms with van der Waals surface area (Å²) in [5.41, 5.74) is 0.932. The van der Waals surface area contributed by atoms with Crippen LogP contribution >= 0.6 is 24.0 Å². The molecule has 0 heterocycles. The van der Waals surface area contributed by atoms with Crippen molar-refractivity contribution in [3.8, 4) is 5.75 Å². The number of hydrogen-bond acceptors (Lipinski definition) is 4. The average Bonchev–Trinajstić information content (AvgIpc) is 2.63. The Bertz CT molecular complexity index is 541. The molecule has 0 radical (unpaired) electrons. The number of anilines is 1. The lowest BCUT2D eigenvalue weighted by molar-refractivity contribution is 0.172. The van der Waals surface area contributed by atoms with E-state index >= 15 is 0 Å². The minimum Gasteiger partial charge on any atom is -0.493 e. The first-order valence-corrected chi connectivity index (χ1v) is 9.97. The highest BCUT2D eigenvalue weighted by Gasteiger charge is 2.11. The summed E-state index contributed by atoms with van der Waals surface area (Å²) in [7, 11) is 1.69. The lowest BCUT2D eigenvalue weighted by Gasteiger charge is -2.18. The number of benzene rings is 1. The Morgan fingerprint density at radius 3 is 2.68 bits per heavy atom. The standard InChI is InChI=1S/C21H37N3O3.HI/c1-5-22-21(23-16-18(10-11-25)14-17(2)3)24-19-8-6-9-20(15-19)27-13-7-12-26-4;/h6,8-9,15,17-18,25H,5,7,10-14,16H2,1-4H3,(H2,22,23,24);1H. The number of aliphatic imine (C=N–C) groups is 1. The van der Waals surface area contributed by atoms with Crippen molar-refractivity contribution in [2.24, 2.45) is 16.8 Å². The fourth-order valence-electron chi connectivity index (χ4n) is 2.85. The largest absolute Gasteiger partial charge is 0.493 e. The van der Waals surface area contributed by atoms with Crippen molar-refractivity contribution < 1.29 is 14.6 Å². The SMILES string of the molecule is CCNC(=NCC(CCO)CC(C)C)Nc1cccc(OCCCOC)c1.I. The Labute approximate surface area is 187 Å². The van der Waals surface area contributed by atoms with Gasteiger partial charge in [0.05, 0.1) is 6.61 Å². The van der Waals surface area contributed by atoms with Crippen molar-refractivity contribution in [2.45, 2.75) is 40.0 Å². The van der Waals surface area contributed by atoms with Crippen LogP contribution in [0.3, 0.4) is 0 Å². The molecule has 0 aliphatic carbocycles. The maximum atomic E-state index is 9.29. The number of guanidine groups is 1. The number of methoxy groups -OCH3 is 1. The molecular weight excluding hydrogens is 469 g/mol. The first kappa shape index (κ1) is 26.9. The van der Waals surface area contributed by atoms with Gasteiger partial charge in [-0.3, -0.25) is 4.99 Å². The summed E-state index contributed by atoms with van der Waals surface area (Å²) in [6, 6.07) is 7.88. The van der Waals surface area contributed by atoms with Crippen LogP contribution in [-0.2, 0) is 4.74 Å². The van der Waals surface area contributed by atoms with Crippen molar-refractivity contribution in [3.05, 3.63) is 24.3 Å². The van der Waals surface area contributed by atoms with Gasteiger partial charge in [-0.2, -0.15) is 0 Å². The van der Waals surface area contributed by atoms with Crippen molar-refractivity contribution in [2.75, 3.05) is 45.3 Å². The quantitative estimate of drug-likeness (QED) is 0.162. The van der Waals surface area contributed by atoms with E-state index in [2.05, 4.69) is 24.5 Å². The molecular formula is C21H38IN3O3. The fraction of sp³-hybridized carbons (Fsp3) is 0.667. The number of nitrogens with zero attached hydrogens (tertiary/aromatic N) is 1. The van der Waals surface area contributed by atoms with E-state index in [0.29, 0.717) is 31.6 Å². The summed E-state index contributed by atoms with van der Waals surface area (Å²) in [6.45, 7) is 9.47. The summed E-state index contributed by atoms with van der Waals surface area (Å²) in [6.07, 6.45) is 2.71. The van der Waals surface area contributed by atoms with Gasteiger partial charge in [0, 0.05) is 51.6 Å². The molecule has 7 heteroatoms. The van der Waals surface area contributed by atoms with Gasteiger partial charge >= 0.3 is 0 Å². The molecule has 1 aromatic rings. The summed E-state index contributed by atoms with van der Waals surface area (Å²) in [4.78, 5) is 4.72. The van der Waals surface area contributed by atoms with Gasteiger partial charge in [-0.1, -0.05) is 19.9 Å². The van der Waals surface area contributed by atoms with E-state index in [1.165, 1.54) is 0 Å². The smallest absolute Gasteiger partial charge is 0.195 e. The van der Waals surface area contributed by atoms with Crippen LogP contribution in [-0.4, -0.2) is 51.1 Å². The van der Waals surface area contributed by atoms with Gasteiger partial charge in [0.15, 0.2) is 5.96 Å². The zero-order chi connectivity index (χ0) is 19.9. The molecule has 0 saturated heterocycles. The molecule has 6 nitrogen and oxygen atoms in total. The van der Waals surface area contributed by atoms with Crippen LogP contribution < -0.4 is 15.4 Å². The second-order valence-electron chi connectivity index (χ2n) is 7.08. The molecule has 3 N–H and O–H groups in total. The third-order valence-electron chi connectivity index (χ3n) is 4.05. The molecule has 0 amide bonds. The molecule has 0 spiro atoms. The van der Waals surface area contributed by atoms with Crippen molar-refractivity contribution >= 4 is 35.6 Å². The van der Waals surface area contributed by atoms with E-state index in [1.54, 1.807) is 7.11 Å². The number of nitrogens with one attached hydrogen (secondary N) is 2. The van der Waals surface area contributed by atoms with Crippen LogP contribution in [0.5, 0.6) is 5.75 Å². The minimum atomic E-state index is 0. The molecule has 1 rings (SSSR count). The molecule has 1 aromatic carbocycles. The topological polar surface area (TPSA) is 75.1 Å². The number of aliphatic hydroxyl groups is 1. The molecule has 0 saturated carbocycles. The number of rotatable bonds is 13. The third kappa shape index (κ3) is 12.4. The van der Waals surface area contributed by atoms with Gasteiger partial charge in [-0.15, -0.1) is 24.0 Å². The number of hydrogen-bond donors (Lipinski definition) is 3. The monoisotopic (exact) mass is 507 g/mol. The second-order valence-corrected chi connectivity index (χ2v) is 7.08. The Morgan fingerprint density at radius 1 is 1.25 bits per heavy atom. The highest BCUT2D eigenvalue weighted by molar-refractivity contribution is 14.0. The van der Waals surface area contributed by atoms with E-state index in [4.69, 9.17) is 14.5 Å². The first-order chi connectivity index (χ1) is 13.1. The minimum absolute atomic E-state index is 0. The maximum absolute atomic E-state index is 9.29. The predicted molar refractivity (Wildman–Crippen MR) is 128 cm³/mol. The highest BCUT2D eigenvalue weighted by atomic mass is 127. The van der Waals surface area contributed by atoms with Gasteiger partial charge in [-0.25, -0.2) is 0 Å². The van der Waals surface area contributed by atoms with E-state index in [-0.39, 0.29) is 30.6 Å². The van der Waals surface area contributed by atoms with Crippen molar-refractivity contribution in [3.63, 3.8) is 0 Å². The van der Waals surface area contributed by atoms with E-state index in [1.807, 2.05) is 31.2 Å². The molecule has 28 heavy (non-hydrogen) atoms. The molecule has 0 aromatic heterocycles. The summed E-state index contributed by atoms with van der Waals surface area (Å²) >= 11 is 0. The summed E-state index contributed by atoms with van der Waals surface area (Å²) < 4.78 is 10.8. The first-order valence-electron chi connectivity index (χ1n) is 9.97. The molecule has 0 bridgehead atoms. The molecule has 1 atom stereocenters. The van der Waals surface area contributed by atoms with Gasteiger partial charge < -0.3 is 25.2 Å². The van der Waals surface area contributed by atoms with Crippen LogP contribution in [0.4, 0.5) is 5.69 Å². The Balaban J connectivity index is 0.00000729. The zero-order valence-electron chi connectivity index (χ0n) is 17.7. The van der Waals surface area contributed by atoms with Crippen LogP contribution in [0, 0.1) is 11.8 Å². The number of halogens is 1. The van der Waals surface area contributed by atoms with Crippen LogP contribution in [0.25, 0.3) is 0 Å². The normalized spacial score (nSPS) is 12.4. The molecule has 162 valence electrons. The lowest BCUT2D eigenvalue weighted by atomic mass is 9.94. The average molecular weight is 507 g/mol. The predicted octanol–water partition coefficient (Wildman–Crippen LogP) is 4.14. The van der Waals surface area contributed by atoms with E-state index in [0.717, 1.165) is 43.2 Å². The van der Waals surface area contributed by atoms with E-state index in [9.17, 15) is 5.11 Å². The highest BCUT2D eigenvalue weighted by Crippen LogP contribution is 2.18. The fourth-order valence-corrected chi connectivity index (χ4v) is 2.85. The Hall–Kier alpha value is -1.06. The summed E-state index contributed by atoms with van der Waals surface area (Å²) in [5, 5.41) is 15.9. The Morgan fingerprint density at radius 2 is 2.04 bits per heavy atom. The zero-order valence-corrected chi connectivity index (χ0v) is 20.1. The Kier molecular flexibility index (Phi) is 16.2. The second kappa shape index (κ2) is 16.9. The molecule has 0 fully saturated rings. The lowest BCUT2D eigenvalue weighted by Crippen LogP contribution is -2.31. The van der Waals surface area contributed by atoms with Gasteiger partial charge in [0.25, 0.3) is 0 Å². The van der Waals surface area contributed by atoms with Gasteiger partial charge in [0.2, 0.25) is 0 Å². The maximum Gasteiger partial charge on any atom is 0.195 e. The molecule has 0 aliphatic rings. The van der Waals surface area contributed by atoms with E-state index < -0.39 is 0 Å². The van der Waals surface area contributed by atoms with Crippen molar-refractivity contribution in [1.82, 2.24) is 5.32 Å². The van der Waals surface area contributed by atoms with Crippen LogP contribution in [0.15, 0.2) is 29.3 Å². The van der Waals surface area contributed by atoms with Crippen LogP contribution in [0.1, 0.15) is 40.0 Å². The summed E-state index contributed by atoms with van der Waals surface area (Å²) in [5.74, 6) is 2.56. The van der Waals surface area contributed by atoms with Crippen LogP contribution in [0.2, 0.25) is 0 Å². The molecule has 0 aliphatic heterocycles. The number of ether oxygens (including phenoxy) is 2. The third-order valence-corrected chi connectivity index (χ3v) is 4.05. The van der Waals surface area contributed by atoms with Gasteiger partial charge in [0.1, 0.15) is 5.75 Å². The van der Waals surface area contributed by atoms with Gasteiger partial charge in [-0.05, 0) is 43.7 Å². The van der Waals surface area contributed by atoms with Crippen molar-refractivity contribution in [1.29, 1.82) is 0 Å².